The quantitative estimate of drug-likeness (QED) is 0.732. The summed E-state index contributed by atoms with van der Waals surface area (Å²) in [6, 6.07) is 0. The molecule has 0 aromatic rings. The van der Waals surface area contributed by atoms with Crippen LogP contribution in [-0.4, -0.2) is 49.7 Å². The molecular weight excluding hydrogens is 240 g/mol. The number of hydrogen-bond donors (Lipinski definition) is 1. The molecule has 0 aliphatic carbocycles. The molecule has 19 heavy (non-hydrogen) atoms. The number of carbonyl (C=O) groups excluding carboxylic acids is 1. The third kappa shape index (κ3) is 7.53. The van der Waals surface area contributed by atoms with E-state index < -0.39 is 0 Å². The van der Waals surface area contributed by atoms with Crippen molar-refractivity contribution in [1.82, 2.24) is 10.2 Å². The molecule has 0 bridgehead atoms. The van der Waals surface area contributed by atoms with Crippen LogP contribution < -0.4 is 5.32 Å². The molecule has 1 aliphatic heterocycles. The van der Waals surface area contributed by atoms with Gasteiger partial charge in [0.15, 0.2) is 0 Å². The maximum atomic E-state index is 12.0. The van der Waals surface area contributed by atoms with Gasteiger partial charge in [0.1, 0.15) is 0 Å². The highest BCUT2D eigenvalue weighted by Crippen LogP contribution is 2.10. The standard InChI is InChI=1S/C15H30N2O2/c1-12(2)9-17(10-13(3)4)11-15(18)16-8-14-6-5-7-19-14/h12-14H,5-11H2,1-4H3,(H,16,18). The van der Waals surface area contributed by atoms with Gasteiger partial charge < -0.3 is 10.1 Å². The first-order valence-electron chi connectivity index (χ1n) is 7.58. The molecule has 0 saturated carbocycles. The summed E-state index contributed by atoms with van der Waals surface area (Å²) >= 11 is 0. The van der Waals surface area contributed by atoms with Crippen molar-refractivity contribution in [3.8, 4) is 0 Å². The number of nitrogens with zero attached hydrogens (tertiary/aromatic N) is 1. The van der Waals surface area contributed by atoms with Crippen LogP contribution in [-0.2, 0) is 9.53 Å². The summed E-state index contributed by atoms with van der Waals surface area (Å²) in [6.07, 6.45) is 2.42. The van der Waals surface area contributed by atoms with Gasteiger partial charge >= 0.3 is 0 Å². The molecule has 112 valence electrons. The Morgan fingerprint density at radius 2 is 1.89 bits per heavy atom. The Morgan fingerprint density at radius 1 is 1.26 bits per heavy atom. The minimum atomic E-state index is 0.122. The molecule has 1 heterocycles. The van der Waals surface area contributed by atoms with Crippen LogP contribution in [0.25, 0.3) is 0 Å². The first-order chi connectivity index (χ1) is 8.97. The van der Waals surface area contributed by atoms with Crippen LogP contribution >= 0.6 is 0 Å². The summed E-state index contributed by atoms with van der Waals surface area (Å²) in [5.41, 5.74) is 0. The van der Waals surface area contributed by atoms with Gasteiger partial charge in [-0.25, -0.2) is 0 Å². The lowest BCUT2D eigenvalue weighted by molar-refractivity contribution is -0.123. The lowest BCUT2D eigenvalue weighted by Gasteiger charge is -2.25. The molecule has 1 unspecified atom stereocenters. The monoisotopic (exact) mass is 270 g/mol. The van der Waals surface area contributed by atoms with E-state index in [9.17, 15) is 4.79 Å². The van der Waals surface area contributed by atoms with Gasteiger partial charge in [-0.1, -0.05) is 27.7 Å². The molecule has 0 radical (unpaired) electrons. The Morgan fingerprint density at radius 3 is 2.37 bits per heavy atom. The fourth-order valence-corrected chi connectivity index (χ4v) is 2.53. The van der Waals surface area contributed by atoms with Crippen LogP contribution in [0.3, 0.4) is 0 Å². The molecule has 1 N–H and O–H groups in total. The van der Waals surface area contributed by atoms with Crippen molar-refractivity contribution in [2.45, 2.75) is 46.6 Å². The van der Waals surface area contributed by atoms with E-state index in [-0.39, 0.29) is 12.0 Å². The number of rotatable bonds is 8. The van der Waals surface area contributed by atoms with Crippen LogP contribution in [0.5, 0.6) is 0 Å². The molecule has 1 saturated heterocycles. The predicted octanol–water partition coefficient (Wildman–Crippen LogP) is 1.90. The predicted molar refractivity (Wildman–Crippen MR) is 78.1 cm³/mol. The Labute approximate surface area is 117 Å². The highest BCUT2D eigenvalue weighted by atomic mass is 16.5. The van der Waals surface area contributed by atoms with E-state index in [2.05, 4.69) is 37.9 Å². The van der Waals surface area contributed by atoms with Crippen molar-refractivity contribution in [1.29, 1.82) is 0 Å². The van der Waals surface area contributed by atoms with Gasteiger partial charge in [-0.05, 0) is 24.7 Å². The Bertz CT molecular complexity index is 251. The van der Waals surface area contributed by atoms with Crippen molar-refractivity contribution >= 4 is 5.91 Å². The number of hydrogen-bond acceptors (Lipinski definition) is 3. The van der Waals surface area contributed by atoms with E-state index >= 15 is 0 Å². The average molecular weight is 270 g/mol. The van der Waals surface area contributed by atoms with Crippen molar-refractivity contribution < 1.29 is 9.53 Å². The largest absolute Gasteiger partial charge is 0.376 e. The number of carbonyl (C=O) groups is 1. The molecule has 4 heteroatoms. The number of ether oxygens (including phenoxy) is 1. The van der Waals surface area contributed by atoms with Crippen molar-refractivity contribution in [3.63, 3.8) is 0 Å². The molecule has 1 aliphatic rings. The van der Waals surface area contributed by atoms with Crippen molar-refractivity contribution in [3.05, 3.63) is 0 Å². The highest BCUT2D eigenvalue weighted by molar-refractivity contribution is 5.78. The summed E-state index contributed by atoms with van der Waals surface area (Å²) in [4.78, 5) is 14.2. The second-order valence-electron chi connectivity index (χ2n) is 6.42. The van der Waals surface area contributed by atoms with Crippen LogP contribution in [0.1, 0.15) is 40.5 Å². The van der Waals surface area contributed by atoms with Crippen LogP contribution in [0.2, 0.25) is 0 Å². The minimum Gasteiger partial charge on any atom is -0.376 e. The lowest BCUT2D eigenvalue weighted by atomic mass is 10.1. The van der Waals surface area contributed by atoms with Crippen LogP contribution in [0.4, 0.5) is 0 Å². The van der Waals surface area contributed by atoms with Gasteiger partial charge in [-0.2, -0.15) is 0 Å². The molecule has 4 nitrogen and oxygen atoms in total. The van der Waals surface area contributed by atoms with Gasteiger partial charge in [0, 0.05) is 26.2 Å². The fraction of sp³-hybridized carbons (Fsp3) is 0.933. The molecule has 1 fully saturated rings. The first kappa shape index (κ1) is 16.4. The first-order valence-corrected chi connectivity index (χ1v) is 7.58. The molecule has 0 aromatic heterocycles. The van der Waals surface area contributed by atoms with E-state index in [1.54, 1.807) is 0 Å². The zero-order valence-corrected chi connectivity index (χ0v) is 12.9. The third-order valence-electron chi connectivity index (χ3n) is 3.16. The second-order valence-corrected chi connectivity index (χ2v) is 6.42. The summed E-state index contributed by atoms with van der Waals surface area (Å²) in [7, 11) is 0. The Hall–Kier alpha value is -0.610. The van der Waals surface area contributed by atoms with E-state index in [4.69, 9.17) is 4.74 Å². The smallest absolute Gasteiger partial charge is 0.234 e. The van der Waals surface area contributed by atoms with Gasteiger partial charge in [0.25, 0.3) is 0 Å². The van der Waals surface area contributed by atoms with Gasteiger partial charge in [-0.15, -0.1) is 0 Å². The normalized spacial score (nSPS) is 19.6. The summed E-state index contributed by atoms with van der Waals surface area (Å²) < 4.78 is 5.51. The SMILES string of the molecule is CC(C)CN(CC(=O)NCC1CCCO1)CC(C)C. The van der Waals surface area contributed by atoms with Gasteiger partial charge in [0.05, 0.1) is 12.6 Å². The highest BCUT2D eigenvalue weighted by Gasteiger charge is 2.18. The maximum Gasteiger partial charge on any atom is 0.234 e. The zero-order chi connectivity index (χ0) is 14.3. The van der Waals surface area contributed by atoms with Crippen LogP contribution in [0, 0.1) is 11.8 Å². The summed E-state index contributed by atoms with van der Waals surface area (Å²) in [5, 5.41) is 3.00. The van der Waals surface area contributed by atoms with E-state index in [1.165, 1.54) is 0 Å². The number of amides is 1. The lowest BCUT2D eigenvalue weighted by Crippen LogP contribution is -2.42. The molecule has 0 aromatic carbocycles. The zero-order valence-electron chi connectivity index (χ0n) is 12.9. The molecular formula is C15H30N2O2. The Balaban J connectivity index is 2.28. The van der Waals surface area contributed by atoms with E-state index in [0.717, 1.165) is 32.5 Å². The average Bonchev–Trinajstić information content (AvgIpc) is 2.77. The molecule has 1 rings (SSSR count). The maximum absolute atomic E-state index is 12.0. The van der Waals surface area contributed by atoms with Crippen LogP contribution in [0.15, 0.2) is 0 Å². The minimum absolute atomic E-state index is 0.122. The van der Waals surface area contributed by atoms with Gasteiger partial charge in [0.2, 0.25) is 5.91 Å². The fourth-order valence-electron chi connectivity index (χ4n) is 2.53. The molecule has 1 atom stereocenters. The van der Waals surface area contributed by atoms with Crippen molar-refractivity contribution in [2.75, 3.05) is 32.8 Å². The third-order valence-corrected chi connectivity index (χ3v) is 3.16. The van der Waals surface area contributed by atoms with Gasteiger partial charge in [-0.3, -0.25) is 9.69 Å². The summed E-state index contributed by atoms with van der Waals surface area (Å²) in [6.45, 7) is 12.7. The molecule has 0 spiro atoms. The number of nitrogens with one attached hydrogen (secondary N) is 1. The van der Waals surface area contributed by atoms with E-state index in [0.29, 0.717) is 24.9 Å². The Kier molecular flexibility index (Phi) is 7.39. The second kappa shape index (κ2) is 8.54. The molecule has 1 amide bonds. The van der Waals surface area contributed by atoms with Crippen molar-refractivity contribution in [2.24, 2.45) is 11.8 Å². The topological polar surface area (TPSA) is 41.6 Å². The summed E-state index contributed by atoms with van der Waals surface area (Å²) in [5.74, 6) is 1.30. The van der Waals surface area contributed by atoms with E-state index in [1.807, 2.05) is 0 Å².